The molecule has 1 aliphatic heterocycles. The van der Waals surface area contributed by atoms with Crippen molar-refractivity contribution in [1.82, 2.24) is 4.98 Å². The standard InChI is InChI=1S/C18H16N2O/c19-17-14-8-4-7-13(12-5-2-1-3-6-12)18(14)20-16-9-10-21-11-15(16)17/h1-8H,9-11H2,(H2,19,20). The van der Waals surface area contributed by atoms with Crippen LogP contribution in [0.3, 0.4) is 0 Å². The van der Waals surface area contributed by atoms with E-state index in [9.17, 15) is 0 Å². The summed E-state index contributed by atoms with van der Waals surface area (Å²) in [6.45, 7) is 1.29. The summed E-state index contributed by atoms with van der Waals surface area (Å²) in [6, 6.07) is 16.5. The lowest BCUT2D eigenvalue weighted by Gasteiger charge is -2.20. The molecule has 104 valence electrons. The van der Waals surface area contributed by atoms with E-state index < -0.39 is 0 Å². The summed E-state index contributed by atoms with van der Waals surface area (Å²) in [7, 11) is 0. The maximum absolute atomic E-state index is 6.37. The molecule has 0 bridgehead atoms. The summed E-state index contributed by atoms with van der Waals surface area (Å²) in [5.41, 5.74) is 12.6. The molecular formula is C18H16N2O. The van der Waals surface area contributed by atoms with Crippen LogP contribution in [-0.2, 0) is 17.8 Å². The van der Waals surface area contributed by atoms with E-state index in [2.05, 4.69) is 18.2 Å². The zero-order chi connectivity index (χ0) is 14.2. The van der Waals surface area contributed by atoms with Gasteiger partial charge in [-0.05, 0) is 5.56 Å². The molecule has 0 spiro atoms. The number of para-hydroxylation sites is 1. The number of hydrogen-bond donors (Lipinski definition) is 1. The zero-order valence-corrected chi connectivity index (χ0v) is 11.7. The molecule has 21 heavy (non-hydrogen) atoms. The van der Waals surface area contributed by atoms with E-state index in [1.165, 1.54) is 5.56 Å². The molecule has 4 rings (SSSR count). The van der Waals surface area contributed by atoms with Gasteiger partial charge in [-0.3, -0.25) is 4.98 Å². The molecule has 0 radical (unpaired) electrons. The number of aromatic nitrogens is 1. The maximum Gasteiger partial charge on any atom is 0.0804 e. The van der Waals surface area contributed by atoms with Crippen LogP contribution in [0.25, 0.3) is 22.0 Å². The minimum absolute atomic E-state index is 0.569. The summed E-state index contributed by atoms with van der Waals surface area (Å²) in [4.78, 5) is 4.89. The lowest BCUT2D eigenvalue weighted by Crippen LogP contribution is -2.14. The number of benzene rings is 2. The SMILES string of the molecule is Nc1c2c(nc3c(-c4ccccc4)cccc13)CCOC2. The Morgan fingerprint density at radius 2 is 1.86 bits per heavy atom. The van der Waals surface area contributed by atoms with Crippen molar-refractivity contribution in [2.75, 3.05) is 12.3 Å². The molecule has 1 aromatic heterocycles. The van der Waals surface area contributed by atoms with Crippen molar-refractivity contribution in [1.29, 1.82) is 0 Å². The molecular weight excluding hydrogens is 260 g/mol. The average Bonchev–Trinajstić information content (AvgIpc) is 2.56. The predicted octanol–water partition coefficient (Wildman–Crippen LogP) is 3.56. The number of ether oxygens (including phenoxy) is 1. The van der Waals surface area contributed by atoms with Crippen LogP contribution in [0, 0.1) is 0 Å². The average molecular weight is 276 g/mol. The highest BCUT2D eigenvalue weighted by Crippen LogP contribution is 2.34. The highest BCUT2D eigenvalue weighted by atomic mass is 16.5. The Morgan fingerprint density at radius 1 is 1.00 bits per heavy atom. The van der Waals surface area contributed by atoms with Gasteiger partial charge in [-0.1, -0.05) is 48.5 Å². The Balaban J connectivity index is 2.04. The van der Waals surface area contributed by atoms with Crippen molar-refractivity contribution in [3.8, 4) is 11.1 Å². The fourth-order valence-electron chi connectivity index (χ4n) is 2.96. The van der Waals surface area contributed by atoms with Crippen molar-refractivity contribution in [3.63, 3.8) is 0 Å². The Morgan fingerprint density at radius 3 is 2.71 bits per heavy atom. The first-order valence-electron chi connectivity index (χ1n) is 7.18. The molecule has 0 saturated heterocycles. The molecule has 1 aliphatic rings. The van der Waals surface area contributed by atoms with Crippen molar-refractivity contribution in [2.24, 2.45) is 0 Å². The second-order valence-electron chi connectivity index (χ2n) is 5.32. The van der Waals surface area contributed by atoms with Crippen LogP contribution < -0.4 is 5.73 Å². The summed E-state index contributed by atoms with van der Waals surface area (Å²) >= 11 is 0. The quantitative estimate of drug-likeness (QED) is 0.739. The number of nitrogens with zero attached hydrogens (tertiary/aromatic N) is 1. The molecule has 2 aromatic carbocycles. The summed E-state index contributed by atoms with van der Waals surface area (Å²) in [5, 5.41) is 1.01. The molecule has 0 aliphatic carbocycles. The van der Waals surface area contributed by atoms with Gasteiger partial charge in [0, 0.05) is 28.6 Å². The molecule has 3 nitrogen and oxygen atoms in total. The number of nitrogen functional groups attached to an aromatic ring is 1. The number of hydrogen-bond acceptors (Lipinski definition) is 3. The van der Waals surface area contributed by atoms with Crippen molar-refractivity contribution < 1.29 is 4.74 Å². The highest BCUT2D eigenvalue weighted by molar-refractivity contribution is 6.01. The third-order valence-corrected chi connectivity index (χ3v) is 4.06. The van der Waals surface area contributed by atoms with Crippen LogP contribution in [0.4, 0.5) is 5.69 Å². The fraction of sp³-hybridized carbons (Fsp3) is 0.167. The van der Waals surface area contributed by atoms with Crippen LogP contribution >= 0.6 is 0 Å². The van der Waals surface area contributed by atoms with Crippen LogP contribution in [0.15, 0.2) is 48.5 Å². The molecule has 0 saturated carbocycles. The van der Waals surface area contributed by atoms with E-state index >= 15 is 0 Å². The molecule has 0 atom stereocenters. The van der Waals surface area contributed by atoms with Gasteiger partial charge in [-0.15, -0.1) is 0 Å². The third kappa shape index (κ3) is 1.98. The van der Waals surface area contributed by atoms with Gasteiger partial charge in [0.2, 0.25) is 0 Å². The maximum atomic E-state index is 6.37. The first-order chi connectivity index (χ1) is 10.3. The molecule has 3 heteroatoms. The predicted molar refractivity (Wildman–Crippen MR) is 85.0 cm³/mol. The summed E-state index contributed by atoms with van der Waals surface area (Å²) < 4.78 is 5.52. The summed E-state index contributed by atoms with van der Waals surface area (Å²) in [5.74, 6) is 0. The highest BCUT2D eigenvalue weighted by Gasteiger charge is 2.18. The normalized spacial score (nSPS) is 14.1. The van der Waals surface area contributed by atoms with Gasteiger partial charge in [-0.25, -0.2) is 0 Å². The molecule has 2 heterocycles. The lowest BCUT2D eigenvalue weighted by atomic mass is 9.98. The zero-order valence-electron chi connectivity index (χ0n) is 11.7. The molecule has 0 unspecified atom stereocenters. The van der Waals surface area contributed by atoms with E-state index in [0.717, 1.165) is 46.4 Å². The van der Waals surface area contributed by atoms with Gasteiger partial charge in [0.15, 0.2) is 0 Å². The minimum Gasteiger partial charge on any atom is -0.398 e. The largest absolute Gasteiger partial charge is 0.398 e. The number of rotatable bonds is 1. The Hall–Kier alpha value is -2.39. The smallest absolute Gasteiger partial charge is 0.0804 e. The van der Waals surface area contributed by atoms with Gasteiger partial charge >= 0.3 is 0 Å². The molecule has 3 aromatic rings. The summed E-state index contributed by atoms with van der Waals surface area (Å²) in [6.07, 6.45) is 0.832. The third-order valence-electron chi connectivity index (χ3n) is 4.06. The topological polar surface area (TPSA) is 48.1 Å². The lowest BCUT2D eigenvalue weighted by molar-refractivity contribution is 0.110. The van der Waals surface area contributed by atoms with Gasteiger partial charge < -0.3 is 10.5 Å². The molecule has 2 N–H and O–H groups in total. The van der Waals surface area contributed by atoms with Gasteiger partial charge in [0.05, 0.1) is 24.4 Å². The number of pyridine rings is 1. The Bertz CT molecular complexity index is 812. The number of anilines is 1. The van der Waals surface area contributed by atoms with Gasteiger partial charge in [0.25, 0.3) is 0 Å². The van der Waals surface area contributed by atoms with E-state index in [0.29, 0.717) is 6.61 Å². The first kappa shape index (κ1) is 12.4. The van der Waals surface area contributed by atoms with Crippen molar-refractivity contribution >= 4 is 16.6 Å². The number of nitrogens with two attached hydrogens (primary N) is 1. The monoisotopic (exact) mass is 276 g/mol. The number of fused-ring (bicyclic) bond motifs is 2. The Kier molecular flexibility index (Phi) is 2.86. The van der Waals surface area contributed by atoms with Crippen molar-refractivity contribution in [3.05, 3.63) is 59.8 Å². The van der Waals surface area contributed by atoms with E-state index in [1.807, 2.05) is 30.3 Å². The minimum atomic E-state index is 0.569. The van der Waals surface area contributed by atoms with E-state index in [-0.39, 0.29) is 0 Å². The van der Waals surface area contributed by atoms with Gasteiger partial charge in [-0.2, -0.15) is 0 Å². The first-order valence-corrected chi connectivity index (χ1v) is 7.18. The van der Waals surface area contributed by atoms with Crippen LogP contribution in [-0.4, -0.2) is 11.6 Å². The van der Waals surface area contributed by atoms with Gasteiger partial charge in [0.1, 0.15) is 0 Å². The molecule has 0 fully saturated rings. The fourth-order valence-corrected chi connectivity index (χ4v) is 2.96. The van der Waals surface area contributed by atoms with Crippen molar-refractivity contribution in [2.45, 2.75) is 13.0 Å². The van der Waals surface area contributed by atoms with Crippen LogP contribution in [0.1, 0.15) is 11.3 Å². The Labute approximate surface area is 123 Å². The second-order valence-corrected chi connectivity index (χ2v) is 5.32. The van der Waals surface area contributed by atoms with Crippen LogP contribution in [0.5, 0.6) is 0 Å². The molecule has 0 amide bonds. The van der Waals surface area contributed by atoms with Crippen LogP contribution in [0.2, 0.25) is 0 Å². The van der Waals surface area contributed by atoms with E-state index in [4.69, 9.17) is 15.5 Å². The second kappa shape index (κ2) is 4.86. The van der Waals surface area contributed by atoms with E-state index in [1.54, 1.807) is 0 Å².